The number of nitrogens with zero attached hydrogens (tertiary/aromatic N) is 1. The van der Waals surface area contributed by atoms with Gasteiger partial charge in [0.2, 0.25) is 0 Å². The number of anilines is 2. The molecule has 2 rings (SSSR count). The lowest BCUT2D eigenvalue weighted by molar-refractivity contribution is 0.0696. The maximum atomic E-state index is 11.5. The molecule has 20 heavy (non-hydrogen) atoms. The van der Waals surface area contributed by atoms with Crippen LogP contribution in [0.3, 0.4) is 0 Å². The van der Waals surface area contributed by atoms with Gasteiger partial charge >= 0.3 is 5.97 Å². The second kappa shape index (κ2) is 6.09. The van der Waals surface area contributed by atoms with Gasteiger partial charge in [-0.25, -0.2) is 4.79 Å². The molecule has 0 spiro atoms. The molecule has 0 radical (unpaired) electrons. The van der Waals surface area contributed by atoms with E-state index in [2.05, 4.69) is 22.0 Å². The SMILES string of the molecule is CCN(c1cccc(C)c1)c1cccc(Br)c1C(=O)O. The summed E-state index contributed by atoms with van der Waals surface area (Å²) >= 11 is 3.32. The van der Waals surface area contributed by atoms with Crippen molar-refractivity contribution in [2.45, 2.75) is 13.8 Å². The molecule has 0 fully saturated rings. The summed E-state index contributed by atoms with van der Waals surface area (Å²) < 4.78 is 0.591. The highest BCUT2D eigenvalue weighted by Crippen LogP contribution is 2.33. The molecule has 0 unspecified atom stereocenters. The third-order valence-corrected chi connectivity index (χ3v) is 3.79. The number of aromatic carboxylic acids is 1. The van der Waals surface area contributed by atoms with E-state index in [0.29, 0.717) is 16.7 Å². The van der Waals surface area contributed by atoms with Crippen molar-refractivity contribution < 1.29 is 9.90 Å². The van der Waals surface area contributed by atoms with Crippen molar-refractivity contribution in [1.29, 1.82) is 0 Å². The van der Waals surface area contributed by atoms with Crippen LogP contribution in [0.1, 0.15) is 22.8 Å². The number of carboxylic acid groups (broad SMARTS) is 1. The van der Waals surface area contributed by atoms with Crippen LogP contribution in [0.5, 0.6) is 0 Å². The van der Waals surface area contributed by atoms with E-state index >= 15 is 0 Å². The van der Waals surface area contributed by atoms with Crippen LogP contribution in [0.4, 0.5) is 11.4 Å². The van der Waals surface area contributed by atoms with Crippen molar-refractivity contribution in [1.82, 2.24) is 0 Å². The van der Waals surface area contributed by atoms with Gasteiger partial charge in [-0.1, -0.05) is 18.2 Å². The van der Waals surface area contributed by atoms with Crippen LogP contribution in [0.25, 0.3) is 0 Å². The standard InChI is InChI=1S/C16H16BrNO2/c1-3-18(12-7-4-6-11(2)10-12)14-9-5-8-13(17)15(14)16(19)20/h4-10H,3H2,1-2H3,(H,19,20). The molecular formula is C16H16BrNO2. The van der Waals surface area contributed by atoms with Gasteiger partial charge in [0.05, 0.1) is 11.3 Å². The maximum Gasteiger partial charge on any atom is 0.338 e. The van der Waals surface area contributed by atoms with Crippen LogP contribution < -0.4 is 4.90 Å². The molecule has 2 aromatic rings. The molecule has 0 atom stereocenters. The van der Waals surface area contributed by atoms with Gasteiger partial charge in [0, 0.05) is 16.7 Å². The molecule has 0 amide bonds. The smallest absolute Gasteiger partial charge is 0.338 e. The minimum absolute atomic E-state index is 0.288. The molecule has 2 aromatic carbocycles. The van der Waals surface area contributed by atoms with Crippen LogP contribution >= 0.6 is 15.9 Å². The molecular weight excluding hydrogens is 318 g/mol. The van der Waals surface area contributed by atoms with Crippen molar-refractivity contribution in [3.05, 3.63) is 58.1 Å². The van der Waals surface area contributed by atoms with Crippen LogP contribution in [-0.2, 0) is 0 Å². The number of hydrogen-bond acceptors (Lipinski definition) is 2. The summed E-state index contributed by atoms with van der Waals surface area (Å²) in [7, 11) is 0. The Bertz CT molecular complexity index is 640. The number of carbonyl (C=O) groups is 1. The largest absolute Gasteiger partial charge is 0.478 e. The second-order valence-corrected chi connectivity index (χ2v) is 5.38. The van der Waals surface area contributed by atoms with E-state index in [9.17, 15) is 9.90 Å². The van der Waals surface area contributed by atoms with Gasteiger partial charge in [-0.15, -0.1) is 0 Å². The summed E-state index contributed by atoms with van der Waals surface area (Å²) in [5, 5.41) is 9.44. The second-order valence-electron chi connectivity index (χ2n) is 4.52. The van der Waals surface area contributed by atoms with Gasteiger partial charge in [0.1, 0.15) is 0 Å². The number of benzene rings is 2. The molecule has 0 aromatic heterocycles. The van der Waals surface area contributed by atoms with Crippen molar-refractivity contribution in [3.8, 4) is 0 Å². The molecule has 0 aliphatic carbocycles. The fourth-order valence-corrected chi connectivity index (χ4v) is 2.76. The molecule has 3 nitrogen and oxygen atoms in total. The van der Waals surface area contributed by atoms with Crippen LogP contribution in [0, 0.1) is 6.92 Å². The Kier molecular flexibility index (Phi) is 4.45. The number of halogens is 1. The first kappa shape index (κ1) is 14.6. The van der Waals surface area contributed by atoms with Gasteiger partial charge in [-0.2, -0.15) is 0 Å². The van der Waals surface area contributed by atoms with E-state index in [1.165, 1.54) is 0 Å². The Morgan fingerprint density at radius 2 is 1.95 bits per heavy atom. The predicted octanol–water partition coefficient (Wildman–Crippen LogP) is 4.61. The third kappa shape index (κ3) is 2.85. The molecule has 4 heteroatoms. The Balaban J connectivity index is 2.58. The fraction of sp³-hybridized carbons (Fsp3) is 0.188. The molecule has 1 N–H and O–H groups in total. The minimum Gasteiger partial charge on any atom is -0.478 e. The lowest BCUT2D eigenvalue weighted by Gasteiger charge is -2.25. The fourth-order valence-electron chi connectivity index (χ4n) is 2.24. The van der Waals surface area contributed by atoms with Crippen LogP contribution in [0.15, 0.2) is 46.9 Å². The molecule has 0 saturated heterocycles. The molecule has 0 aliphatic rings. The predicted molar refractivity (Wildman–Crippen MR) is 85.0 cm³/mol. The normalized spacial score (nSPS) is 10.3. The number of hydrogen-bond donors (Lipinski definition) is 1. The van der Waals surface area contributed by atoms with Gasteiger partial charge in [-0.05, 0) is 59.6 Å². The number of rotatable bonds is 4. The lowest BCUT2D eigenvalue weighted by atomic mass is 10.1. The number of carboxylic acids is 1. The zero-order valence-corrected chi connectivity index (χ0v) is 13.0. The van der Waals surface area contributed by atoms with Gasteiger partial charge in [0.25, 0.3) is 0 Å². The first-order chi connectivity index (χ1) is 9.54. The maximum absolute atomic E-state index is 11.5. The summed E-state index contributed by atoms with van der Waals surface area (Å²) in [6.45, 7) is 4.73. The van der Waals surface area contributed by atoms with Gasteiger partial charge < -0.3 is 10.0 Å². The Hall–Kier alpha value is -1.81. The summed E-state index contributed by atoms with van der Waals surface area (Å²) in [6.07, 6.45) is 0. The van der Waals surface area contributed by atoms with Crippen molar-refractivity contribution in [3.63, 3.8) is 0 Å². The minimum atomic E-state index is -0.932. The van der Waals surface area contributed by atoms with Crippen LogP contribution in [-0.4, -0.2) is 17.6 Å². The average Bonchev–Trinajstić information content (AvgIpc) is 2.39. The molecule has 0 aliphatic heterocycles. The molecule has 0 heterocycles. The Morgan fingerprint density at radius 1 is 1.25 bits per heavy atom. The molecule has 0 saturated carbocycles. The monoisotopic (exact) mass is 333 g/mol. The number of aryl methyl sites for hydroxylation is 1. The summed E-state index contributed by atoms with van der Waals surface area (Å²) in [6, 6.07) is 13.5. The highest BCUT2D eigenvalue weighted by Gasteiger charge is 2.19. The van der Waals surface area contributed by atoms with Crippen molar-refractivity contribution in [2.24, 2.45) is 0 Å². The van der Waals surface area contributed by atoms with E-state index in [1.807, 2.05) is 49.1 Å². The van der Waals surface area contributed by atoms with E-state index in [1.54, 1.807) is 6.07 Å². The van der Waals surface area contributed by atoms with Crippen molar-refractivity contribution >= 4 is 33.3 Å². The van der Waals surface area contributed by atoms with E-state index in [-0.39, 0.29) is 5.56 Å². The Morgan fingerprint density at radius 3 is 2.55 bits per heavy atom. The summed E-state index contributed by atoms with van der Waals surface area (Å²) in [5.41, 5.74) is 3.12. The average molecular weight is 334 g/mol. The zero-order valence-electron chi connectivity index (χ0n) is 11.4. The summed E-state index contributed by atoms with van der Waals surface area (Å²) in [4.78, 5) is 13.5. The quantitative estimate of drug-likeness (QED) is 0.887. The van der Waals surface area contributed by atoms with Crippen LogP contribution in [0.2, 0.25) is 0 Å². The van der Waals surface area contributed by atoms with E-state index < -0.39 is 5.97 Å². The highest BCUT2D eigenvalue weighted by atomic mass is 79.9. The van der Waals surface area contributed by atoms with E-state index in [4.69, 9.17) is 0 Å². The third-order valence-electron chi connectivity index (χ3n) is 3.13. The first-order valence-corrected chi connectivity index (χ1v) is 7.20. The van der Waals surface area contributed by atoms with Gasteiger partial charge in [-0.3, -0.25) is 0 Å². The summed E-state index contributed by atoms with van der Waals surface area (Å²) in [5.74, 6) is -0.932. The van der Waals surface area contributed by atoms with Crippen molar-refractivity contribution in [2.75, 3.05) is 11.4 Å². The first-order valence-electron chi connectivity index (χ1n) is 6.40. The van der Waals surface area contributed by atoms with E-state index in [0.717, 1.165) is 11.3 Å². The molecule has 0 bridgehead atoms. The molecule has 104 valence electrons. The topological polar surface area (TPSA) is 40.5 Å². The lowest BCUT2D eigenvalue weighted by Crippen LogP contribution is -2.19. The van der Waals surface area contributed by atoms with Gasteiger partial charge in [0.15, 0.2) is 0 Å². The zero-order chi connectivity index (χ0) is 14.7. The Labute approximate surface area is 127 Å². The highest BCUT2D eigenvalue weighted by molar-refractivity contribution is 9.10.